The number of phosphoric ester groups is 1. The summed E-state index contributed by atoms with van der Waals surface area (Å²) in [6.07, 6.45) is 0. The highest BCUT2D eigenvalue weighted by molar-refractivity contribution is 9.12. The number of fused-ring (bicyclic) bond motifs is 3. The molecule has 6 aromatic carbocycles. The van der Waals surface area contributed by atoms with Crippen LogP contribution in [0.5, 0.6) is 17.2 Å². The number of benzene rings is 6. The monoisotopic (exact) mass is 1180 g/mol. The Morgan fingerprint density at radius 2 is 0.682 bits per heavy atom. The molecule has 0 aliphatic carbocycles. The van der Waals surface area contributed by atoms with Crippen molar-refractivity contribution in [3.05, 3.63) is 113 Å². The quantitative estimate of drug-likeness (QED) is 0.156. The fraction of sp³-hybridized carbons (Fsp3) is 0. The van der Waals surface area contributed by atoms with Gasteiger partial charge < -0.3 is 13.6 Å². The summed E-state index contributed by atoms with van der Waals surface area (Å²) < 4.78 is 40.0. The second kappa shape index (κ2) is 13.5. The molecule has 0 aliphatic rings. The summed E-state index contributed by atoms with van der Waals surface area (Å²) in [5.41, 5.74) is 0. The Kier molecular flexibility index (Phi) is 10.4. The van der Waals surface area contributed by atoms with Gasteiger partial charge in [-0.25, -0.2) is 0 Å². The fourth-order valence-electron chi connectivity index (χ4n) is 4.49. The molecule has 6 aromatic rings. The summed E-state index contributed by atoms with van der Waals surface area (Å²) in [7, 11) is -4.52. The van der Waals surface area contributed by atoms with Gasteiger partial charge in [0.1, 0.15) is 0 Å². The number of halogens is 9. The minimum atomic E-state index is -4.52. The normalized spacial score (nSPS) is 11.8. The van der Waals surface area contributed by atoms with Crippen LogP contribution in [0.2, 0.25) is 0 Å². The Morgan fingerprint density at radius 3 is 0.955 bits per heavy atom. The SMILES string of the molecule is O=P(Oc1c(Br)cc2cc(Br)ccc2c1Br)(Oc1c(Br)cc2cc(Br)ccc2c1Br)Oc1c(Br)cc2cc(Br)ccc2c1Br. The van der Waals surface area contributed by atoms with Crippen molar-refractivity contribution in [1.29, 1.82) is 0 Å². The minimum absolute atomic E-state index is 0.247. The van der Waals surface area contributed by atoms with Crippen LogP contribution in [0, 0.1) is 0 Å². The van der Waals surface area contributed by atoms with Gasteiger partial charge in [0.15, 0.2) is 17.2 Å². The highest BCUT2D eigenvalue weighted by Gasteiger charge is 2.38. The highest BCUT2D eigenvalue weighted by atomic mass is 79.9. The van der Waals surface area contributed by atoms with E-state index >= 15 is 0 Å². The summed E-state index contributed by atoms with van der Waals surface area (Å²) in [5.74, 6) is 0.742. The smallest absolute Gasteiger partial charge is 0.383 e. The molecule has 0 bridgehead atoms. The molecule has 0 heterocycles. The lowest BCUT2D eigenvalue weighted by atomic mass is 10.1. The van der Waals surface area contributed by atoms with Gasteiger partial charge >= 0.3 is 7.82 Å². The lowest BCUT2D eigenvalue weighted by Crippen LogP contribution is -2.10. The van der Waals surface area contributed by atoms with Crippen LogP contribution in [0.15, 0.2) is 113 Å². The molecule has 224 valence electrons. The summed E-state index contributed by atoms with van der Waals surface area (Å²) in [5, 5.41) is 5.32. The Bertz CT molecular complexity index is 1960. The lowest BCUT2D eigenvalue weighted by Gasteiger charge is -2.24. The van der Waals surface area contributed by atoms with E-state index in [0.29, 0.717) is 26.8 Å². The maximum Gasteiger partial charge on any atom is 0.647 e. The summed E-state index contributed by atoms with van der Waals surface area (Å²) in [4.78, 5) is 0. The molecule has 0 fully saturated rings. The van der Waals surface area contributed by atoms with Crippen LogP contribution in [0.25, 0.3) is 32.3 Å². The number of hydrogen-bond acceptors (Lipinski definition) is 4. The summed E-state index contributed by atoms with van der Waals surface area (Å²) in [6.45, 7) is 0. The third-order valence-electron chi connectivity index (χ3n) is 6.45. The Balaban J connectivity index is 1.53. The van der Waals surface area contributed by atoms with Gasteiger partial charge in [0.2, 0.25) is 0 Å². The second-order valence-electron chi connectivity index (χ2n) is 9.32. The Labute approximate surface area is 327 Å². The predicted molar refractivity (Wildman–Crippen MR) is 211 cm³/mol. The number of phosphoric acid groups is 1. The molecule has 0 saturated carbocycles. The van der Waals surface area contributed by atoms with E-state index in [9.17, 15) is 4.57 Å². The van der Waals surface area contributed by atoms with Crippen molar-refractivity contribution in [2.45, 2.75) is 0 Å². The molecule has 0 unspecified atom stereocenters. The molecule has 0 atom stereocenters. The van der Waals surface area contributed by atoms with Crippen molar-refractivity contribution in [3.63, 3.8) is 0 Å². The van der Waals surface area contributed by atoms with Crippen LogP contribution in [-0.2, 0) is 4.57 Å². The number of rotatable bonds is 6. The van der Waals surface area contributed by atoms with Crippen molar-refractivity contribution in [1.82, 2.24) is 0 Å². The molecule has 0 spiro atoms. The van der Waals surface area contributed by atoms with E-state index in [1.54, 1.807) is 0 Å². The van der Waals surface area contributed by atoms with E-state index in [-0.39, 0.29) is 17.2 Å². The van der Waals surface area contributed by atoms with Gasteiger partial charge in [-0.05, 0) is 182 Å². The average Bonchev–Trinajstić information content (AvgIpc) is 2.95. The second-order valence-corrected chi connectivity index (χ2v) is 18.5. The molecular weight excluding hydrogens is 1170 g/mol. The van der Waals surface area contributed by atoms with E-state index in [4.69, 9.17) is 13.6 Å². The van der Waals surface area contributed by atoms with Gasteiger partial charge in [-0.1, -0.05) is 66.0 Å². The van der Waals surface area contributed by atoms with E-state index in [0.717, 1.165) is 45.7 Å². The summed E-state index contributed by atoms with van der Waals surface area (Å²) >= 11 is 32.4. The number of hydrogen-bond donors (Lipinski definition) is 0. The molecule has 14 heteroatoms. The van der Waals surface area contributed by atoms with Gasteiger partial charge in [0, 0.05) is 13.4 Å². The van der Waals surface area contributed by atoms with Crippen molar-refractivity contribution >= 4 is 184 Å². The van der Waals surface area contributed by atoms with Gasteiger partial charge in [0.25, 0.3) is 0 Å². The first-order valence-corrected chi connectivity index (χ1v) is 20.8. The largest absolute Gasteiger partial charge is 0.647 e. The average molecular weight is 1190 g/mol. The van der Waals surface area contributed by atoms with Crippen LogP contribution in [0.4, 0.5) is 0 Å². The maximum absolute atomic E-state index is 15.0. The molecule has 0 N–H and O–H groups in total. The van der Waals surface area contributed by atoms with Gasteiger partial charge in [-0.3, -0.25) is 0 Å². The third-order valence-corrected chi connectivity index (χ3v) is 13.3. The zero-order valence-electron chi connectivity index (χ0n) is 21.4. The molecular formula is C30H12Br9O4P. The Hall–Kier alpha value is 0.0500. The van der Waals surface area contributed by atoms with Crippen molar-refractivity contribution in [3.8, 4) is 17.2 Å². The molecule has 0 aliphatic heterocycles. The maximum atomic E-state index is 15.0. The molecule has 6 rings (SSSR count). The van der Waals surface area contributed by atoms with Gasteiger partial charge in [-0.2, -0.15) is 4.57 Å². The van der Waals surface area contributed by atoms with E-state index < -0.39 is 7.82 Å². The minimum Gasteiger partial charge on any atom is -0.383 e. The van der Waals surface area contributed by atoms with Crippen LogP contribution in [0.1, 0.15) is 0 Å². The van der Waals surface area contributed by atoms with Crippen LogP contribution in [0.3, 0.4) is 0 Å². The lowest BCUT2D eigenvalue weighted by molar-refractivity contribution is 0.295. The van der Waals surface area contributed by atoms with E-state index in [1.807, 2.05) is 72.8 Å². The molecule has 44 heavy (non-hydrogen) atoms. The first-order valence-electron chi connectivity index (χ1n) is 12.2. The zero-order chi connectivity index (χ0) is 31.5. The summed E-state index contributed by atoms with van der Waals surface area (Å²) in [6, 6.07) is 23.1. The molecule has 0 saturated heterocycles. The molecule has 0 aromatic heterocycles. The van der Waals surface area contributed by atoms with Crippen molar-refractivity contribution in [2.24, 2.45) is 0 Å². The van der Waals surface area contributed by atoms with Gasteiger partial charge in [0.05, 0.1) is 26.8 Å². The molecule has 4 nitrogen and oxygen atoms in total. The van der Waals surface area contributed by atoms with Crippen molar-refractivity contribution < 1.29 is 18.1 Å². The molecule has 0 radical (unpaired) electrons. The highest BCUT2D eigenvalue weighted by Crippen LogP contribution is 2.58. The van der Waals surface area contributed by atoms with Crippen molar-refractivity contribution in [2.75, 3.05) is 0 Å². The predicted octanol–water partition coefficient (Wildman–Crippen LogP) is 15.7. The standard InChI is InChI=1S/C30H12Br9O4P/c31-16-1-4-19-13(7-16)10-22(34)28(25(19)37)41-44(40,42-29-23(35)11-14-8-17(32)2-5-20(14)26(29)38)43-30-24(36)12-15-9-18(33)3-6-21(15)27(30)39/h1-12H. The van der Waals surface area contributed by atoms with Crippen LogP contribution in [-0.4, -0.2) is 0 Å². The molecule has 0 amide bonds. The van der Waals surface area contributed by atoms with Crippen LogP contribution < -0.4 is 13.6 Å². The first-order chi connectivity index (χ1) is 20.8. The van der Waals surface area contributed by atoms with E-state index in [1.165, 1.54) is 0 Å². The van der Waals surface area contributed by atoms with Gasteiger partial charge in [-0.15, -0.1) is 0 Å². The fourth-order valence-corrected chi connectivity index (χ4v) is 12.1. The first kappa shape index (κ1) is 33.9. The van der Waals surface area contributed by atoms with Crippen LogP contribution >= 0.6 is 151 Å². The van der Waals surface area contributed by atoms with E-state index in [2.05, 4.69) is 143 Å². The third kappa shape index (κ3) is 6.80. The Morgan fingerprint density at radius 1 is 0.409 bits per heavy atom. The zero-order valence-corrected chi connectivity index (χ0v) is 36.6. The topological polar surface area (TPSA) is 44.8 Å².